The first-order chi connectivity index (χ1) is 10.2. The fraction of sp³-hybridized carbons (Fsp3) is 0.133. The van der Waals surface area contributed by atoms with Gasteiger partial charge < -0.3 is 5.11 Å². The monoisotopic (exact) mass is 373 g/mol. The summed E-state index contributed by atoms with van der Waals surface area (Å²) in [4.78, 5) is 3.49. The van der Waals surface area contributed by atoms with Crippen molar-refractivity contribution >= 4 is 15.9 Å². The van der Waals surface area contributed by atoms with Crippen LogP contribution in [-0.4, -0.2) is 10.1 Å². The molecule has 0 bridgehead atoms. The molecule has 0 radical (unpaired) electrons. The number of aliphatic hydroxyl groups is 1. The molecule has 0 saturated carbocycles. The Bertz CT molecular complexity index is 742. The number of benzene rings is 1. The van der Waals surface area contributed by atoms with Gasteiger partial charge in [0, 0.05) is 22.3 Å². The van der Waals surface area contributed by atoms with Gasteiger partial charge in [-0.05, 0) is 40.2 Å². The Labute approximate surface area is 131 Å². The second-order valence-electron chi connectivity index (χ2n) is 4.41. The van der Waals surface area contributed by atoms with Gasteiger partial charge in [-0.3, -0.25) is 4.98 Å². The predicted octanol–water partition coefficient (Wildman–Crippen LogP) is 3.74. The predicted molar refractivity (Wildman–Crippen MR) is 74.9 cm³/mol. The number of aromatic nitrogens is 1. The van der Waals surface area contributed by atoms with Crippen LogP contribution >= 0.6 is 15.9 Å². The highest BCUT2D eigenvalue weighted by Gasteiger charge is 2.56. The van der Waals surface area contributed by atoms with Crippen LogP contribution in [0.2, 0.25) is 0 Å². The van der Waals surface area contributed by atoms with E-state index in [4.69, 9.17) is 6.42 Å². The lowest BCUT2D eigenvalue weighted by molar-refractivity contribution is -0.165. The second-order valence-corrected chi connectivity index (χ2v) is 5.33. The Morgan fingerprint density at radius 1 is 1.18 bits per heavy atom. The first kappa shape index (κ1) is 16.5. The lowest BCUT2D eigenvalue weighted by atomic mass is 9.85. The third kappa shape index (κ3) is 2.60. The smallest absolute Gasteiger partial charge is 0.333 e. The molecule has 22 heavy (non-hydrogen) atoms. The Morgan fingerprint density at radius 3 is 2.36 bits per heavy atom. The van der Waals surface area contributed by atoms with Gasteiger partial charge in [-0.25, -0.2) is 8.78 Å². The minimum Gasteiger partial charge on any atom is -0.368 e. The number of halogens is 5. The molecule has 2 rings (SSSR count). The standard InChI is InChI=1S/C15H8BrF4NO/c1-2-14(22,11-5-4-10(17)7-12(11)18)15(19,20)13-6-3-9(16)8-21-13/h1,3-8,22H. The van der Waals surface area contributed by atoms with Crippen LogP contribution in [0.3, 0.4) is 0 Å². The van der Waals surface area contributed by atoms with Crippen LogP contribution in [0.25, 0.3) is 0 Å². The summed E-state index contributed by atoms with van der Waals surface area (Å²) in [6.45, 7) is 0. The topological polar surface area (TPSA) is 33.1 Å². The number of hydrogen-bond donors (Lipinski definition) is 1. The van der Waals surface area contributed by atoms with Crippen LogP contribution in [-0.2, 0) is 11.5 Å². The summed E-state index contributed by atoms with van der Waals surface area (Å²) in [6.07, 6.45) is 6.11. The molecule has 0 aliphatic heterocycles. The highest BCUT2D eigenvalue weighted by Crippen LogP contribution is 2.45. The van der Waals surface area contributed by atoms with Gasteiger partial charge in [0.2, 0.25) is 5.60 Å². The maximum atomic E-state index is 14.6. The molecule has 1 unspecified atom stereocenters. The zero-order valence-electron chi connectivity index (χ0n) is 10.8. The minimum atomic E-state index is -4.10. The molecule has 1 atom stereocenters. The average molecular weight is 374 g/mol. The average Bonchev–Trinajstić information content (AvgIpc) is 2.46. The molecule has 1 aromatic heterocycles. The van der Waals surface area contributed by atoms with Crippen LogP contribution in [0.15, 0.2) is 41.0 Å². The van der Waals surface area contributed by atoms with Gasteiger partial charge in [-0.1, -0.05) is 5.92 Å². The third-order valence-electron chi connectivity index (χ3n) is 3.03. The number of terminal acetylenes is 1. The second kappa shape index (κ2) is 5.71. The number of pyridine rings is 1. The van der Waals surface area contributed by atoms with Crippen molar-refractivity contribution in [3.8, 4) is 12.3 Å². The van der Waals surface area contributed by atoms with E-state index in [0.717, 1.165) is 18.3 Å². The van der Waals surface area contributed by atoms with E-state index in [-0.39, 0.29) is 0 Å². The largest absolute Gasteiger partial charge is 0.368 e. The molecule has 7 heteroatoms. The number of alkyl halides is 2. The maximum Gasteiger partial charge on any atom is 0.333 e. The van der Waals surface area contributed by atoms with E-state index in [1.165, 1.54) is 12.0 Å². The van der Waals surface area contributed by atoms with Crippen molar-refractivity contribution in [3.63, 3.8) is 0 Å². The fourth-order valence-electron chi connectivity index (χ4n) is 1.87. The van der Waals surface area contributed by atoms with Crippen LogP contribution in [0.1, 0.15) is 11.3 Å². The maximum absolute atomic E-state index is 14.6. The van der Waals surface area contributed by atoms with E-state index in [9.17, 15) is 22.7 Å². The van der Waals surface area contributed by atoms with E-state index in [2.05, 4.69) is 20.9 Å². The zero-order valence-corrected chi connectivity index (χ0v) is 12.4. The first-order valence-electron chi connectivity index (χ1n) is 5.88. The quantitative estimate of drug-likeness (QED) is 0.656. The molecule has 2 nitrogen and oxygen atoms in total. The molecule has 0 aliphatic carbocycles. The summed E-state index contributed by atoms with van der Waals surface area (Å²) in [5.74, 6) is -4.95. The van der Waals surface area contributed by atoms with Crippen molar-refractivity contribution in [3.05, 3.63) is 63.9 Å². The van der Waals surface area contributed by atoms with Crippen molar-refractivity contribution in [2.24, 2.45) is 0 Å². The van der Waals surface area contributed by atoms with Gasteiger partial charge in [-0.2, -0.15) is 8.78 Å². The van der Waals surface area contributed by atoms with E-state index in [1.807, 2.05) is 0 Å². The Kier molecular flexibility index (Phi) is 4.27. The Morgan fingerprint density at radius 2 is 1.86 bits per heavy atom. The molecule has 0 spiro atoms. The van der Waals surface area contributed by atoms with Crippen molar-refractivity contribution in [2.75, 3.05) is 0 Å². The zero-order chi connectivity index (χ0) is 16.5. The molecule has 1 heterocycles. The summed E-state index contributed by atoms with van der Waals surface area (Å²) in [7, 11) is 0. The normalized spacial score (nSPS) is 14.2. The van der Waals surface area contributed by atoms with Crippen molar-refractivity contribution < 1.29 is 22.7 Å². The van der Waals surface area contributed by atoms with Crippen LogP contribution in [0, 0.1) is 24.0 Å². The highest BCUT2D eigenvalue weighted by molar-refractivity contribution is 9.10. The van der Waals surface area contributed by atoms with Gasteiger partial charge in [-0.15, -0.1) is 6.42 Å². The van der Waals surface area contributed by atoms with Gasteiger partial charge >= 0.3 is 5.92 Å². The van der Waals surface area contributed by atoms with Gasteiger partial charge in [0.25, 0.3) is 0 Å². The van der Waals surface area contributed by atoms with Crippen molar-refractivity contribution in [1.82, 2.24) is 4.98 Å². The Balaban J connectivity index is 2.62. The summed E-state index contributed by atoms with van der Waals surface area (Å²) < 4.78 is 56.3. The summed E-state index contributed by atoms with van der Waals surface area (Å²) >= 11 is 3.03. The SMILES string of the molecule is C#CC(O)(c1ccc(F)cc1F)C(F)(F)c1ccc(Br)cn1. The van der Waals surface area contributed by atoms with E-state index in [0.29, 0.717) is 16.6 Å². The molecule has 2 aromatic rings. The first-order valence-corrected chi connectivity index (χ1v) is 6.67. The van der Waals surface area contributed by atoms with E-state index >= 15 is 0 Å². The summed E-state index contributed by atoms with van der Waals surface area (Å²) in [6, 6.07) is 3.98. The number of rotatable bonds is 3. The lowest BCUT2D eigenvalue weighted by Gasteiger charge is -2.31. The molecular weight excluding hydrogens is 366 g/mol. The fourth-order valence-corrected chi connectivity index (χ4v) is 2.10. The van der Waals surface area contributed by atoms with Gasteiger partial charge in [0.1, 0.15) is 17.3 Å². The lowest BCUT2D eigenvalue weighted by Crippen LogP contribution is -2.43. The molecule has 0 fully saturated rings. The number of hydrogen-bond acceptors (Lipinski definition) is 2. The number of nitrogens with zero attached hydrogens (tertiary/aromatic N) is 1. The minimum absolute atomic E-state index is 0.364. The van der Waals surface area contributed by atoms with Crippen molar-refractivity contribution in [2.45, 2.75) is 11.5 Å². The van der Waals surface area contributed by atoms with E-state index < -0.39 is 34.4 Å². The van der Waals surface area contributed by atoms with E-state index in [1.54, 1.807) is 0 Å². The molecule has 114 valence electrons. The molecule has 1 N–H and O–H groups in total. The molecule has 0 saturated heterocycles. The molecule has 0 aliphatic rings. The third-order valence-corrected chi connectivity index (χ3v) is 3.50. The summed E-state index contributed by atoms with van der Waals surface area (Å²) in [5.41, 5.74) is -5.07. The van der Waals surface area contributed by atoms with Crippen LogP contribution < -0.4 is 0 Å². The molecule has 0 amide bonds. The molecular formula is C15H8BrF4NO. The summed E-state index contributed by atoms with van der Waals surface area (Å²) in [5, 5.41) is 10.2. The van der Waals surface area contributed by atoms with Crippen molar-refractivity contribution in [1.29, 1.82) is 0 Å². The van der Waals surface area contributed by atoms with Gasteiger partial charge in [0.15, 0.2) is 0 Å². The van der Waals surface area contributed by atoms with Crippen LogP contribution in [0.4, 0.5) is 17.6 Å². The van der Waals surface area contributed by atoms with Gasteiger partial charge in [0.05, 0.1) is 0 Å². The van der Waals surface area contributed by atoms with Crippen LogP contribution in [0.5, 0.6) is 0 Å². The highest BCUT2D eigenvalue weighted by atomic mass is 79.9. The molecule has 1 aromatic carbocycles. The Hall–Kier alpha value is -1.91.